The maximum atomic E-state index is 10.9. The molecular formula is C24H25N7O. The van der Waals surface area contributed by atoms with E-state index in [0.717, 1.165) is 29.7 Å². The summed E-state index contributed by atoms with van der Waals surface area (Å²) in [6.45, 7) is 7.92. The Morgan fingerprint density at radius 2 is 1.94 bits per heavy atom. The maximum absolute atomic E-state index is 10.9. The number of hydrogen-bond donors (Lipinski definition) is 2. The van der Waals surface area contributed by atoms with E-state index in [4.69, 9.17) is 4.98 Å². The van der Waals surface area contributed by atoms with Crippen molar-refractivity contribution in [1.29, 1.82) is 5.26 Å². The van der Waals surface area contributed by atoms with Crippen LogP contribution < -0.4 is 10.2 Å². The molecule has 8 heteroatoms. The second-order valence-electron chi connectivity index (χ2n) is 8.74. The SMILES string of the molecule is Cc1c(O)c(-c2cc(C#N)c3cc(N4C[C@@H](C)N[C@H](C)C4)cnc3n2)cc2cn(C)nc12. The lowest BCUT2D eigenvalue weighted by Crippen LogP contribution is -2.54. The Morgan fingerprint density at radius 3 is 2.66 bits per heavy atom. The van der Waals surface area contributed by atoms with Gasteiger partial charge in [-0.05, 0) is 39.0 Å². The van der Waals surface area contributed by atoms with E-state index in [1.807, 2.05) is 38.5 Å². The summed E-state index contributed by atoms with van der Waals surface area (Å²) in [6.07, 6.45) is 3.72. The Morgan fingerprint density at radius 1 is 1.19 bits per heavy atom. The van der Waals surface area contributed by atoms with Gasteiger partial charge in [0.15, 0.2) is 5.65 Å². The summed E-state index contributed by atoms with van der Waals surface area (Å²) in [5.41, 5.74) is 4.48. The molecule has 8 nitrogen and oxygen atoms in total. The summed E-state index contributed by atoms with van der Waals surface area (Å²) in [7, 11) is 1.85. The number of nitrogens with zero attached hydrogens (tertiary/aromatic N) is 6. The summed E-state index contributed by atoms with van der Waals surface area (Å²) in [4.78, 5) is 11.6. The second-order valence-corrected chi connectivity index (χ2v) is 8.74. The minimum absolute atomic E-state index is 0.118. The lowest BCUT2D eigenvalue weighted by molar-refractivity contribution is 0.407. The molecule has 0 saturated carbocycles. The van der Waals surface area contributed by atoms with Gasteiger partial charge in [-0.2, -0.15) is 10.4 Å². The van der Waals surface area contributed by atoms with Crippen molar-refractivity contribution in [3.05, 3.63) is 41.7 Å². The number of rotatable bonds is 2. The number of anilines is 1. The molecule has 1 aliphatic heterocycles. The van der Waals surface area contributed by atoms with Gasteiger partial charge in [0.05, 0.1) is 34.7 Å². The Kier molecular flexibility index (Phi) is 4.72. The molecule has 1 aliphatic rings. The molecule has 0 amide bonds. The molecule has 4 heterocycles. The lowest BCUT2D eigenvalue weighted by atomic mass is 10.0. The summed E-state index contributed by atoms with van der Waals surface area (Å²) in [5, 5.41) is 30.3. The molecule has 4 aromatic rings. The lowest BCUT2D eigenvalue weighted by Gasteiger charge is -2.37. The molecule has 1 aromatic carbocycles. The van der Waals surface area contributed by atoms with Crippen molar-refractivity contribution in [3.8, 4) is 23.1 Å². The van der Waals surface area contributed by atoms with Crippen LogP contribution in [0.15, 0.2) is 30.6 Å². The standard InChI is InChI=1S/C24H25N7O/c1-13-10-31(11-14(2)27-13)18-7-19-16(8-25)6-21(28-24(19)26-9-18)20-5-17-12-30(4)29-22(17)15(3)23(20)32/h5-7,9,12-14,27,32H,10-11H2,1-4H3/t13-,14-/m1/s1. The summed E-state index contributed by atoms with van der Waals surface area (Å²) < 4.78 is 1.72. The number of fused-ring (bicyclic) bond motifs is 2. The zero-order valence-corrected chi connectivity index (χ0v) is 18.6. The van der Waals surface area contributed by atoms with Crippen LogP contribution in [0.4, 0.5) is 5.69 Å². The third-order valence-electron chi connectivity index (χ3n) is 6.09. The predicted molar refractivity (Wildman–Crippen MR) is 125 cm³/mol. The van der Waals surface area contributed by atoms with Crippen LogP contribution in [0.2, 0.25) is 0 Å². The van der Waals surface area contributed by atoms with Crippen LogP contribution in [0.5, 0.6) is 5.75 Å². The van der Waals surface area contributed by atoms with Crippen molar-refractivity contribution in [1.82, 2.24) is 25.1 Å². The fraction of sp³-hybridized carbons (Fsp3) is 0.333. The van der Waals surface area contributed by atoms with E-state index in [1.165, 1.54) is 0 Å². The predicted octanol–water partition coefficient (Wildman–Crippen LogP) is 3.26. The van der Waals surface area contributed by atoms with Gasteiger partial charge in [0.2, 0.25) is 0 Å². The number of aromatic nitrogens is 4. The first-order valence-electron chi connectivity index (χ1n) is 10.7. The number of nitrogens with one attached hydrogen (secondary N) is 1. The maximum Gasteiger partial charge on any atom is 0.161 e. The molecule has 0 aliphatic carbocycles. The molecule has 5 rings (SSSR count). The van der Waals surface area contributed by atoms with Crippen LogP contribution in [-0.2, 0) is 7.05 Å². The highest BCUT2D eigenvalue weighted by molar-refractivity contribution is 5.93. The van der Waals surface area contributed by atoms with Gasteiger partial charge in [-0.1, -0.05) is 0 Å². The van der Waals surface area contributed by atoms with Crippen LogP contribution in [0, 0.1) is 18.3 Å². The molecule has 1 saturated heterocycles. The van der Waals surface area contributed by atoms with Crippen LogP contribution in [0.25, 0.3) is 33.2 Å². The van der Waals surface area contributed by atoms with Crippen molar-refractivity contribution in [2.24, 2.45) is 7.05 Å². The number of hydrogen-bond acceptors (Lipinski definition) is 7. The van der Waals surface area contributed by atoms with Crippen LogP contribution in [0.1, 0.15) is 25.0 Å². The molecular weight excluding hydrogens is 402 g/mol. The highest BCUT2D eigenvalue weighted by atomic mass is 16.3. The smallest absolute Gasteiger partial charge is 0.161 e. The number of pyridine rings is 2. The number of nitriles is 1. The molecule has 0 bridgehead atoms. The van der Waals surface area contributed by atoms with E-state index in [9.17, 15) is 10.4 Å². The highest BCUT2D eigenvalue weighted by Crippen LogP contribution is 2.37. The van der Waals surface area contributed by atoms with E-state index in [1.54, 1.807) is 10.7 Å². The molecule has 3 aromatic heterocycles. The molecule has 1 fully saturated rings. The third kappa shape index (κ3) is 3.31. The first-order chi connectivity index (χ1) is 15.3. The van der Waals surface area contributed by atoms with Crippen molar-refractivity contribution >= 4 is 27.6 Å². The van der Waals surface area contributed by atoms with E-state index in [-0.39, 0.29) is 5.75 Å². The monoisotopic (exact) mass is 427 g/mol. The molecule has 162 valence electrons. The average molecular weight is 428 g/mol. The van der Waals surface area contributed by atoms with Gasteiger partial charge in [0.25, 0.3) is 0 Å². The van der Waals surface area contributed by atoms with E-state index in [0.29, 0.717) is 45.5 Å². The number of aromatic hydroxyl groups is 1. The van der Waals surface area contributed by atoms with Gasteiger partial charge < -0.3 is 15.3 Å². The number of piperazine rings is 1. The molecule has 32 heavy (non-hydrogen) atoms. The van der Waals surface area contributed by atoms with Crippen molar-refractivity contribution in [2.75, 3.05) is 18.0 Å². The summed E-state index contributed by atoms with van der Waals surface area (Å²) >= 11 is 0. The number of phenolic OH excluding ortho intramolecular Hbond substituents is 1. The van der Waals surface area contributed by atoms with E-state index < -0.39 is 0 Å². The first kappa shape index (κ1) is 20.2. The number of phenols is 1. The first-order valence-corrected chi connectivity index (χ1v) is 10.7. The summed E-state index contributed by atoms with van der Waals surface area (Å²) in [6, 6.07) is 8.63. The zero-order chi connectivity index (χ0) is 22.6. The minimum atomic E-state index is 0.118. The van der Waals surface area contributed by atoms with Crippen LogP contribution >= 0.6 is 0 Å². The van der Waals surface area contributed by atoms with Crippen LogP contribution in [-0.4, -0.2) is 50.0 Å². The van der Waals surface area contributed by atoms with Gasteiger partial charge in [-0.3, -0.25) is 4.68 Å². The molecule has 0 unspecified atom stereocenters. The highest BCUT2D eigenvalue weighted by Gasteiger charge is 2.22. The Balaban J connectivity index is 1.63. The molecule has 0 spiro atoms. The Labute approximate surface area is 186 Å². The topological polar surface area (TPSA) is 103 Å². The minimum Gasteiger partial charge on any atom is -0.507 e. The number of aryl methyl sites for hydroxylation is 2. The zero-order valence-electron chi connectivity index (χ0n) is 18.6. The molecule has 2 N–H and O–H groups in total. The fourth-order valence-electron chi connectivity index (χ4n) is 4.67. The van der Waals surface area contributed by atoms with Gasteiger partial charge in [-0.15, -0.1) is 0 Å². The second kappa shape index (κ2) is 7.46. The van der Waals surface area contributed by atoms with Gasteiger partial charge in [0.1, 0.15) is 5.75 Å². The van der Waals surface area contributed by atoms with Gasteiger partial charge in [-0.25, -0.2) is 9.97 Å². The Hall–Kier alpha value is -3.70. The third-order valence-corrected chi connectivity index (χ3v) is 6.09. The average Bonchev–Trinajstić information content (AvgIpc) is 3.15. The van der Waals surface area contributed by atoms with Gasteiger partial charge in [0, 0.05) is 60.3 Å². The van der Waals surface area contributed by atoms with Crippen molar-refractivity contribution in [2.45, 2.75) is 32.9 Å². The van der Waals surface area contributed by atoms with E-state index in [2.05, 4.69) is 40.2 Å². The Bertz CT molecular complexity index is 1390. The van der Waals surface area contributed by atoms with E-state index >= 15 is 0 Å². The van der Waals surface area contributed by atoms with Crippen molar-refractivity contribution < 1.29 is 5.11 Å². The number of benzene rings is 1. The normalized spacial score (nSPS) is 18.9. The summed E-state index contributed by atoms with van der Waals surface area (Å²) in [5.74, 6) is 0.118. The quantitative estimate of drug-likeness (QED) is 0.506. The largest absolute Gasteiger partial charge is 0.507 e. The molecule has 0 radical (unpaired) electrons. The fourth-order valence-corrected chi connectivity index (χ4v) is 4.67. The van der Waals surface area contributed by atoms with Crippen LogP contribution in [0.3, 0.4) is 0 Å². The van der Waals surface area contributed by atoms with Crippen molar-refractivity contribution in [3.63, 3.8) is 0 Å². The molecule has 2 atom stereocenters. The van der Waals surface area contributed by atoms with Gasteiger partial charge >= 0.3 is 0 Å².